The molecule has 0 aliphatic heterocycles. The van der Waals surface area contributed by atoms with Gasteiger partial charge in [-0.2, -0.15) is 0 Å². The maximum absolute atomic E-state index is 12.4. The molecule has 0 aliphatic carbocycles. The third-order valence-corrected chi connectivity index (χ3v) is 4.32. The third-order valence-electron chi connectivity index (χ3n) is 4.32. The van der Waals surface area contributed by atoms with Crippen LogP contribution >= 0.6 is 0 Å². The Morgan fingerprint density at radius 1 is 0.862 bits per heavy atom. The van der Waals surface area contributed by atoms with Crippen LogP contribution in [0.5, 0.6) is 0 Å². The molecule has 0 unspecified atom stereocenters. The van der Waals surface area contributed by atoms with Gasteiger partial charge in [-0.15, -0.1) is 0 Å². The predicted octanol–water partition coefficient (Wildman–Crippen LogP) is 3.91. The van der Waals surface area contributed by atoms with Crippen molar-refractivity contribution in [2.24, 2.45) is 0 Å². The van der Waals surface area contributed by atoms with E-state index in [1.54, 1.807) is 24.3 Å². The van der Waals surface area contributed by atoms with Gasteiger partial charge in [-0.25, -0.2) is 0 Å². The number of anilines is 2. The third kappa shape index (κ3) is 5.65. The van der Waals surface area contributed by atoms with Gasteiger partial charge >= 0.3 is 5.97 Å². The van der Waals surface area contributed by atoms with Crippen LogP contribution in [0.1, 0.15) is 19.4 Å². The van der Waals surface area contributed by atoms with Crippen LogP contribution in [0, 0.1) is 0 Å². The lowest BCUT2D eigenvalue weighted by Crippen LogP contribution is -2.30. The second-order valence-corrected chi connectivity index (χ2v) is 6.74. The van der Waals surface area contributed by atoms with Crippen molar-refractivity contribution < 1.29 is 19.1 Å². The molecule has 2 N–H and O–H groups in total. The van der Waals surface area contributed by atoms with Crippen LogP contribution < -0.4 is 10.6 Å². The van der Waals surface area contributed by atoms with Gasteiger partial charge in [0, 0.05) is 18.3 Å². The summed E-state index contributed by atoms with van der Waals surface area (Å²) < 4.78 is 5.25. The van der Waals surface area contributed by atoms with Gasteiger partial charge in [-0.1, -0.05) is 42.5 Å². The lowest BCUT2D eigenvalue weighted by molar-refractivity contribution is -0.152. The first kappa shape index (κ1) is 20.1. The quantitative estimate of drug-likeness (QED) is 0.625. The molecule has 1 atom stereocenters. The largest absolute Gasteiger partial charge is 0.452 e. The van der Waals surface area contributed by atoms with Crippen molar-refractivity contribution in [1.29, 1.82) is 0 Å². The summed E-state index contributed by atoms with van der Waals surface area (Å²) >= 11 is 0. The summed E-state index contributed by atoms with van der Waals surface area (Å²) in [6, 6.07) is 20.3. The number of benzene rings is 3. The molecule has 6 heteroatoms. The molecule has 0 saturated carbocycles. The molecule has 0 aliphatic rings. The normalized spacial score (nSPS) is 11.5. The number of fused-ring (bicyclic) bond motifs is 1. The Balaban J connectivity index is 1.54. The van der Waals surface area contributed by atoms with Crippen LogP contribution in [0.15, 0.2) is 66.7 Å². The summed E-state index contributed by atoms with van der Waals surface area (Å²) in [5.41, 5.74) is 2.02. The summed E-state index contributed by atoms with van der Waals surface area (Å²) in [5.74, 6) is -1.06. The van der Waals surface area contributed by atoms with E-state index >= 15 is 0 Å². The first-order valence-corrected chi connectivity index (χ1v) is 9.26. The first-order chi connectivity index (χ1) is 13.9. The summed E-state index contributed by atoms with van der Waals surface area (Å²) in [6.07, 6.45) is -0.888. The standard InChI is InChI=1S/C23H22N2O4/c1-15(23(28)25-21-12-9-18-5-3-4-6-19(18)14-21)29-22(27)13-17-7-10-20(11-8-17)24-16(2)26/h3-12,14-15H,13H2,1-2H3,(H,24,26)(H,25,28)/t15-/m0/s1. The van der Waals surface area contributed by atoms with Gasteiger partial charge in [0.2, 0.25) is 5.91 Å². The topological polar surface area (TPSA) is 84.5 Å². The second-order valence-electron chi connectivity index (χ2n) is 6.74. The maximum atomic E-state index is 12.4. The Kier molecular flexibility index (Phi) is 6.24. The van der Waals surface area contributed by atoms with Crippen LogP contribution in [0.4, 0.5) is 11.4 Å². The fourth-order valence-electron chi connectivity index (χ4n) is 2.88. The van der Waals surface area contributed by atoms with Crippen molar-refractivity contribution in [3.63, 3.8) is 0 Å². The highest BCUT2D eigenvalue weighted by atomic mass is 16.5. The van der Waals surface area contributed by atoms with E-state index in [0.717, 1.165) is 16.3 Å². The molecule has 148 valence electrons. The summed E-state index contributed by atoms with van der Waals surface area (Å²) in [6.45, 7) is 2.96. The molecule has 0 fully saturated rings. The average Bonchev–Trinajstić information content (AvgIpc) is 2.69. The minimum atomic E-state index is -0.923. The van der Waals surface area contributed by atoms with E-state index in [4.69, 9.17) is 4.74 Å². The molecule has 0 heterocycles. The molecule has 0 saturated heterocycles. The molecular weight excluding hydrogens is 368 g/mol. The average molecular weight is 390 g/mol. The lowest BCUT2D eigenvalue weighted by Gasteiger charge is -2.14. The van der Waals surface area contributed by atoms with E-state index in [1.165, 1.54) is 13.8 Å². The van der Waals surface area contributed by atoms with Crippen molar-refractivity contribution in [2.75, 3.05) is 10.6 Å². The number of hydrogen-bond donors (Lipinski definition) is 2. The highest BCUT2D eigenvalue weighted by molar-refractivity contribution is 5.97. The molecule has 0 bridgehead atoms. The first-order valence-electron chi connectivity index (χ1n) is 9.26. The smallest absolute Gasteiger partial charge is 0.311 e. The monoisotopic (exact) mass is 390 g/mol. The molecule has 2 amide bonds. The Morgan fingerprint density at radius 2 is 1.52 bits per heavy atom. The van der Waals surface area contributed by atoms with E-state index in [9.17, 15) is 14.4 Å². The molecule has 6 nitrogen and oxygen atoms in total. The van der Waals surface area contributed by atoms with Gasteiger partial charge in [0.15, 0.2) is 6.10 Å². The number of esters is 1. The zero-order valence-corrected chi connectivity index (χ0v) is 16.3. The van der Waals surface area contributed by atoms with Gasteiger partial charge < -0.3 is 15.4 Å². The Labute approximate surface area is 168 Å². The predicted molar refractivity (Wildman–Crippen MR) is 113 cm³/mol. The fourth-order valence-corrected chi connectivity index (χ4v) is 2.88. The number of amides is 2. The number of carbonyl (C=O) groups is 3. The van der Waals surface area contributed by atoms with E-state index in [1.807, 2.05) is 42.5 Å². The minimum absolute atomic E-state index is 0.0357. The highest BCUT2D eigenvalue weighted by Gasteiger charge is 2.18. The number of hydrogen-bond acceptors (Lipinski definition) is 4. The number of rotatable bonds is 6. The number of ether oxygens (including phenoxy) is 1. The molecular formula is C23H22N2O4. The maximum Gasteiger partial charge on any atom is 0.311 e. The van der Waals surface area contributed by atoms with Gasteiger partial charge in [0.05, 0.1) is 6.42 Å². The molecule has 3 aromatic carbocycles. The van der Waals surface area contributed by atoms with Crippen LogP contribution in [-0.4, -0.2) is 23.9 Å². The SMILES string of the molecule is CC(=O)Nc1ccc(CC(=O)O[C@@H](C)C(=O)Nc2ccc3ccccc3c2)cc1. The summed E-state index contributed by atoms with van der Waals surface area (Å²) in [5, 5.41) is 7.52. The zero-order valence-electron chi connectivity index (χ0n) is 16.3. The Bertz CT molecular complexity index is 1040. The van der Waals surface area contributed by atoms with Crippen LogP contribution in [0.25, 0.3) is 10.8 Å². The molecule has 3 aromatic rings. The summed E-state index contributed by atoms with van der Waals surface area (Å²) in [7, 11) is 0. The van der Waals surface area contributed by atoms with Crippen molar-refractivity contribution in [3.8, 4) is 0 Å². The zero-order chi connectivity index (χ0) is 20.8. The van der Waals surface area contributed by atoms with E-state index in [2.05, 4.69) is 10.6 Å². The second kappa shape index (κ2) is 9.01. The van der Waals surface area contributed by atoms with Crippen molar-refractivity contribution in [3.05, 3.63) is 72.3 Å². The van der Waals surface area contributed by atoms with Crippen molar-refractivity contribution in [2.45, 2.75) is 26.4 Å². The molecule has 0 spiro atoms. The van der Waals surface area contributed by atoms with Gasteiger partial charge in [-0.3, -0.25) is 14.4 Å². The van der Waals surface area contributed by atoms with E-state index in [-0.39, 0.29) is 12.3 Å². The van der Waals surface area contributed by atoms with Gasteiger partial charge in [0.1, 0.15) is 0 Å². The Hall–Kier alpha value is -3.67. The lowest BCUT2D eigenvalue weighted by atomic mass is 10.1. The van der Waals surface area contributed by atoms with Crippen LogP contribution in [0.2, 0.25) is 0 Å². The van der Waals surface area contributed by atoms with Gasteiger partial charge in [-0.05, 0) is 47.5 Å². The molecule has 0 radical (unpaired) electrons. The molecule has 0 aromatic heterocycles. The van der Waals surface area contributed by atoms with Crippen molar-refractivity contribution in [1.82, 2.24) is 0 Å². The van der Waals surface area contributed by atoms with Crippen LogP contribution in [0.3, 0.4) is 0 Å². The fraction of sp³-hybridized carbons (Fsp3) is 0.174. The van der Waals surface area contributed by atoms with Crippen molar-refractivity contribution >= 4 is 39.9 Å². The molecule has 3 rings (SSSR count). The highest BCUT2D eigenvalue weighted by Crippen LogP contribution is 2.19. The Morgan fingerprint density at radius 3 is 2.21 bits per heavy atom. The summed E-state index contributed by atoms with van der Waals surface area (Å²) in [4.78, 5) is 35.5. The minimum Gasteiger partial charge on any atom is -0.452 e. The van der Waals surface area contributed by atoms with Gasteiger partial charge in [0.25, 0.3) is 5.91 Å². The number of carbonyl (C=O) groups excluding carboxylic acids is 3. The number of nitrogens with one attached hydrogen (secondary N) is 2. The van der Waals surface area contributed by atoms with Crippen LogP contribution in [-0.2, 0) is 25.5 Å². The van der Waals surface area contributed by atoms with E-state index in [0.29, 0.717) is 11.4 Å². The molecule has 29 heavy (non-hydrogen) atoms. The van der Waals surface area contributed by atoms with E-state index < -0.39 is 18.0 Å².